The van der Waals surface area contributed by atoms with Gasteiger partial charge in [-0.1, -0.05) is 18.5 Å². The van der Waals surface area contributed by atoms with Crippen LogP contribution in [-0.2, 0) is 19.9 Å². The molecule has 6 heteroatoms. The second-order valence-electron chi connectivity index (χ2n) is 5.18. The van der Waals surface area contributed by atoms with Gasteiger partial charge in [-0.2, -0.15) is 16.9 Å². The number of halogens is 1. The number of thioether (sulfide) groups is 1. The van der Waals surface area contributed by atoms with Gasteiger partial charge in [0, 0.05) is 43.6 Å². The lowest BCUT2D eigenvalue weighted by molar-refractivity contribution is 0.234. The molecule has 0 spiro atoms. The summed E-state index contributed by atoms with van der Waals surface area (Å²) in [6.45, 7) is 3.19. The molecule has 0 aliphatic carbocycles. The first kappa shape index (κ1) is 15.2. The number of nitrogens with zero attached hydrogens (tertiary/aromatic N) is 3. The fourth-order valence-electron chi connectivity index (χ4n) is 2.56. The molecule has 1 aromatic heterocycles. The van der Waals surface area contributed by atoms with Crippen molar-refractivity contribution in [3.8, 4) is 0 Å². The Labute approximate surface area is 124 Å². The highest BCUT2D eigenvalue weighted by molar-refractivity contribution is 7.99. The lowest BCUT2D eigenvalue weighted by Crippen LogP contribution is -2.51. The van der Waals surface area contributed by atoms with Crippen molar-refractivity contribution in [1.29, 1.82) is 0 Å². The van der Waals surface area contributed by atoms with E-state index in [4.69, 9.17) is 17.3 Å². The SMILES string of the molecule is CCc1nn(C)c(CC(N)C2CSCCN2C)c1Cl. The first-order valence-electron chi connectivity index (χ1n) is 6.78. The Bertz CT molecular complexity index is 435. The molecule has 2 rings (SSSR count). The van der Waals surface area contributed by atoms with Gasteiger partial charge in [0.2, 0.25) is 0 Å². The number of nitrogens with two attached hydrogens (primary N) is 1. The molecule has 1 aliphatic rings. The Morgan fingerprint density at radius 1 is 1.53 bits per heavy atom. The van der Waals surface area contributed by atoms with E-state index in [1.165, 1.54) is 5.75 Å². The molecule has 1 aliphatic heterocycles. The lowest BCUT2D eigenvalue weighted by atomic mass is 10.0. The topological polar surface area (TPSA) is 47.1 Å². The van der Waals surface area contributed by atoms with E-state index in [9.17, 15) is 0 Å². The molecule has 0 aromatic carbocycles. The summed E-state index contributed by atoms with van der Waals surface area (Å²) in [7, 11) is 4.11. The molecule has 19 heavy (non-hydrogen) atoms. The summed E-state index contributed by atoms with van der Waals surface area (Å²) in [5, 5.41) is 5.25. The smallest absolute Gasteiger partial charge is 0.0850 e. The molecule has 0 saturated carbocycles. The van der Waals surface area contributed by atoms with E-state index in [1.54, 1.807) is 0 Å². The summed E-state index contributed by atoms with van der Waals surface area (Å²) in [6, 6.07) is 0.533. The highest BCUT2D eigenvalue weighted by Gasteiger charge is 2.27. The zero-order chi connectivity index (χ0) is 14.0. The molecule has 2 heterocycles. The highest BCUT2D eigenvalue weighted by atomic mass is 35.5. The van der Waals surface area contributed by atoms with Crippen molar-refractivity contribution < 1.29 is 0 Å². The average Bonchev–Trinajstić information content (AvgIpc) is 2.66. The van der Waals surface area contributed by atoms with Crippen LogP contribution in [0.4, 0.5) is 0 Å². The Balaban J connectivity index is 2.10. The third-order valence-corrected chi connectivity index (χ3v) is 5.35. The van der Waals surface area contributed by atoms with E-state index in [0.717, 1.165) is 41.5 Å². The molecule has 1 fully saturated rings. The summed E-state index contributed by atoms with van der Waals surface area (Å²) in [5.74, 6) is 2.31. The van der Waals surface area contributed by atoms with E-state index in [1.807, 2.05) is 23.5 Å². The summed E-state index contributed by atoms with van der Waals surface area (Å²) < 4.78 is 1.89. The summed E-state index contributed by atoms with van der Waals surface area (Å²) in [4.78, 5) is 2.37. The van der Waals surface area contributed by atoms with Gasteiger partial charge in [0.25, 0.3) is 0 Å². The first-order valence-corrected chi connectivity index (χ1v) is 8.31. The van der Waals surface area contributed by atoms with E-state index in [2.05, 4.69) is 24.0 Å². The first-order chi connectivity index (χ1) is 9.04. The minimum atomic E-state index is 0.107. The number of rotatable bonds is 4. The second-order valence-corrected chi connectivity index (χ2v) is 6.70. The number of hydrogen-bond acceptors (Lipinski definition) is 4. The quantitative estimate of drug-likeness (QED) is 0.917. The van der Waals surface area contributed by atoms with Gasteiger partial charge in [-0.15, -0.1) is 0 Å². The Morgan fingerprint density at radius 3 is 2.84 bits per heavy atom. The van der Waals surface area contributed by atoms with Gasteiger partial charge < -0.3 is 10.6 Å². The fourth-order valence-corrected chi connectivity index (χ4v) is 4.25. The van der Waals surface area contributed by atoms with E-state index in [-0.39, 0.29) is 6.04 Å². The molecular weight excluding hydrogens is 280 g/mol. The van der Waals surface area contributed by atoms with Gasteiger partial charge in [-0.3, -0.25) is 4.68 Å². The molecule has 0 radical (unpaired) electrons. The molecule has 0 bridgehead atoms. The number of likely N-dealkylation sites (N-methyl/N-ethyl adjacent to an activating group) is 1. The van der Waals surface area contributed by atoms with E-state index >= 15 is 0 Å². The van der Waals surface area contributed by atoms with E-state index in [0.29, 0.717) is 6.04 Å². The summed E-state index contributed by atoms with van der Waals surface area (Å²) >= 11 is 8.38. The number of aromatic nitrogens is 2. The average molecular weight is 303 g/mol. The van der Waals surface area contributed by atoms with Crippen molar-refractivity contribution in [1.82, 2.24) is 14.7 Å². The van der Waals surface area contributed by atoms with Crippen molar-refractivity contribution in [2.45, 2.75) is 31.8 Å². The van der Waals surface area contributed by atoms with Crippen LogP contribution in [0.2, 0.25) is 5.02 Å². The molecular formula is C13H23ClN4S. The van der Waals surface area contributed by atoms with Gasteiger partial charge in [0.15, 0.2) is 0 Å². The van der Waals surface area contributed by atoms with Crippen molar-refractivity contribution in [2.75, 3.05) is 25.1 Å². The molecule has 4 nitrogen and oxygen atoms in total. The normalized spacial score (nSPS) is 22.7. The van der Waals surface area contributed by atoms with Crippen LogP contribution in [-0.4, -0.2) is 51.9 Å². The van der Waals surface area contributed by atoms with Crippen LogP contribution in [0.1, 0.15) is 18.3 Å². The monoisotopic (exact) mass is 302 g/mol. The lowest BCUT2D eigenvalue weighted by Gasteiger charge is -2.36. The van der Waals surface area contributed by atoms with Crippen molar-refractivity contribution in [3.63, 3.8) is 0 Å². The van der Waals surface area contributed by atoms with Crippen molar-refractivity contribution >= 4 is 23.4 Å². The van der Waals surface area contributed by atoms with Gasteiger partial charge in [-0.25, -0.2) is 0 Å². The third kappa shape index (κ3) is 3.27. The van der Waals surface area contributed by atoms with Crippen molar-refractivity contribution in [3.05, 3.63) is 16.4 Å². The van der Waals surface area contributed by atoms with Crippen LogP contribution in [0.15, 0.2) is 0 Å². The molecule has 2 atom stereocenters. The van der Waals surface area contributed by atoms with Gasteiger partial charge in [0.05, 0.1) is 16.4 Å². The Kier molecular flexibility index (Phi) is 5.17. The summed E-state index contributed by atoms with van der Waals surface area (Å²) in [6.07, 6.45) is 1.65. The van der Waals surface area contributed by atoms with Crippen LogP contribution >= 0.6 is 23.4 Å². The standard InChI is InChI=1S/C13H23ClN4S/c1-4-10-13(14)11(18(3)16-10)7-9(15)12-8-19-6-5-17(12)2/h9,12H,4-8,15H2,1-3H3. The zero-order valence-corrected chi connectivity index (χ0v) is 13.5. The van der Waals surface area contributed by atoms with Gasteiger partial charge >= 0.3 is 0 Å². The maximum atomic E-state index is 6.40. The second kappa shape index (κ2) is 6.48. The number of aryl methyl sites for hydroxylation is 2. The number of hydrogen-bond donors (Lipinski definition) is 1. The highest BCUT2D eigenvalue weighted by Crippen LogP contribution is 2.24. The van der Waals surface area contributed by atoms with Crippen LogP contribution in [0, 0.1) is 0 Å². The molecule has 108 valence electrons. The molecule has 2 unspecified atom stereocenters. The Morgan fingerprint density at radius 2 is 2.26 bits per heavy atom. The maximum absolute atomic E-state index is 6.40. The van der Waals surface area contributed by atoms with Crippen molar-refractivity contribution in [2.24, 2.45) is 12.8 Å². The summed E-state index contributed by atoms with van der Waals surface area (Å²) in [5.41, 5.74) is 8.44. The predicted molar refractivity (Wildman–Crippen MR) is 83.0 cm³/mol. The molecule has 1 saturated heterocycles. The predicted octanol–water partition coefficient (Wildman–Crippen LogP) is 1.55. The molecule has 1 aromatic rings. The van der Waals surface area contributed by atoms with Crippen LogP contribution < -0.4 is 5.73 Å². The maximum Gasteiger partial charge on any atom is 0.0850 e. The minimum absolute atomic E-state index is 0.107. The van der Waals surface area contributed by atoms with Gasteiger partial charge in [0.1, 0.15) is 0 Å². The Hall–Kier alpha value is -0.230. The van der Waals surface area contributed by atoms with Crippen LogP contribution in [0.25, 0.3) is 0 Å². The van der Waals surface area contributed by atoms with Crippen LogP contribution in [0.5, 0.6) is 0 Å². The largest absolute Gasteiger partial charge is 0.326 e. The van der Waals surface area contributed by atoms with Gasteiger partial charge in [-0.05, 0) is 13.5 Å². The minimum Gasteiger partial charge on any atom is -0.326 e. The fraction of sp³-hybridized carbons (Fsp3) is 0.769. The molecule has 0 amide bonds. The molecule has 2 N–H and O–H groups in total. The van der Waals surface area contributed by atoms with E-state index < -0.39 is 0 Å². The van der Waals surface area contributed by atoms with Crippen LogP contribution in [0.3, 0.4) is 0 Å². The third-order valence-electron chi connectivity index (χ3n) is 3.87. The zero-order valence-electron chi connectivity index (χ0n) is 11.9.